The maximum absolute atomic E-state index is 14.6. The highest BCUT2D eigenvalue weighted by Gasteiger charge is 2.61. The van der Waals surface area contributed by atoms with Crippen molar-refractivity contribution in [1.82, 2.24) is 14.9 Å². The molecule has 1 saturated carbocycles. The van der Waals surface area contributed by atoms with Gasteiger partial charge >= 0.3 is 5.97 Å². The van der Waals surface area contributed by atoms with E-state index in [4.69, 9.17) is 19.4 Å². The molecule has 0 radical (unpaired) electrons. The van der Waals surface area contributed by atoms with Gasteiger partial charge in [0.25, 0.3) is 0 Å². The second-order valence-corrected chi connectivity index (χ2v) is 15.9. The van der Waals surface area contributed by atoms with E-state index in [1.165, 1.54) is 11.3 Å². The molecule has 2 fully saturated rings. The third-order valence-corrected chi connectivity index (χ3v) is 12.0. The number of carboxylic acids is 1. The summed E-state index contributed by atoms with van der Waals surface area (Å²) in [6, 6.07) is 14.0. The molecular weight excluding hydrogens is 689 g/mol. The summed E-state index contributed by atoms with van der Waals surface area (Å²) in [4.78, 5) is 53.2. The van der Waals surface area contributed by atoms with Crippen LogP contribution in [0.1, 0.15) is 82.4 Å². The molecule has 7 rings (SSSR count). The minimum atomic E-state index is -1.14. The van der Waals surface area contributed by atoms with Gasteiger partial charge in [-0.25, -0.2) is 9.97 Å². The van der Waals surface area contributed by atoms with Gasteiger partial charge in [0.15, 0.2) is 5.78 Å². The molecule has 0 bridgehead atoms. The third-order valence-electron chi connectivity index (χ3n) is 11.1. The summed E-state index contributed by atoms with van der Waals surface area (Å²) < 4.78 is 12.5. The highest BCUT2D eigenvalue weighted by molar-refractivity contribution is 7.13. The fourth-order valence-electron chi connectivity index (χ4n) is 7.87. The Bertz CT molecular complexity index is 2030. The summed E-state index contributed by atoms with van der Waals surface area (Å²) in [5.74, 6) is -0.00759. The molecule has 2 aliphatic heterocycles. The molecule has 3 aliphatic rings. The number of carbonyl (C=O) groups excluding carboxylic acids is 2. The summed E-state index contributed by atoms with van der Waals surface area (Å²) in [6.45, 7) is 6.36. The standard InChI is InChI=1S/C42H48N4O6S/c1-25(2)33-24-53-39(45-33)32-20-37(30-17-18-36(51-4)26(3)38(30)44-32)52-29-19-34-35(47)22-42(41(49)50)21-27(42)13-9-6-5-7-12-16-31(40(48)46(34)23-29)43-28-14-10-8-11-15-28/h8-11,13-15,17-18,20,24-25,27,29,31,34,43H,5-7,12,16,19,21-23H2,1-4H3,(H,49,50)/b13-9-/t27-,29+,31-,34-,42+/m0/s1. The second-order valence-electron chi connectivity index (χ2n) is 15.1. The van der Waals surface area contributed by atoms with Crippen molar-refractivity contribution in [1.29, 1.82) is 0 Å². The van der Waals surface area contributed by atoms with Crippen LogP contribution in [0.3, 0.4) is 0 Å². The van der Waals surface area contributed by atoms with E-state index in [2.05, 4.69) is 25.2 Å². The minimum absolute atomic E-state index is 0.126. The number of amides is 1. The van der Waals surface area contributed by atoms with Crippen LogP contribution in [0.15, 0.2) is 66.1 Å². The fraction of sp³-hybridized carbons (Fsp3) is 0.452. The van der Waals surface area contributed by atoms with Gasteiger partial charge in [-0.15, -0.1) is 11.3 Å². The average Bonchev–Trinajstić information content (AvgIpc) is 3.44. The molecule has 5 atom stereocenters. The lowest BCUT2D eigenvalue weighted by Gasteiger charge is -2.29. The number of aryl methyl sites for hydroxylation is 1. The number of benzene rings is 2. The number of para-hydroxylation sites is 1. The molecular formula is C42H48N4O6S. The molecule has 1 amide bonds. The monoisotopic (exact) mass is 736 g/mol. The summed E-state index contributed by atoms with van der Waals surface area (Å²) in [7, 11) is 1.63. The van der Waals surface area contributed by atoms with E-state index >= 15 is 0 Å². The number of allylic oxidation sites excluding steroid dienone is 2. The quantitative estimate of drug-likeness (QED) is 0.172. The van der Waals surface area contributed by atoms with Crippen molar-refractivity contribution in [2.75, 3.05) is 19.0 Å². The first-order valence-electron chi connectivity index (χ1n) is 18.7. The Morgan fingerprint density at radius 2 is 1.89 bits per heavy atom. The van der Waals surface area contributed by atoms with Gasteiger partial charge in [0.05, 0.1) is 36.3 Å². The predicted octanol–water partition coefficient (Wildman–Crippen LogP) is 8.20. The van der Waals surface area contributed by atoms with Crippen molar-refractivity contribution in [2.24, 2.45) is 11.3 Å². The number of pyridine rings is 1. The Morgan fingerprint density at radius 3 is 2.62 bits per heavy atom. The second kappa shape index (κ2) is 15.3. The molecule has 53 heavy (non-hydrogen) atoms. The molecule has 1 aliphatic carbocycles. The van der Waals surface area contributed by atoms with E-state index < -0.39 is 29.6 Å². The SMILES string of the molecule is COc1ccc2c(O[C@@H]3C[C@H]4C(=O)C[C@]5(C(=O)O)C[C@@H]5/C=C\CCCCC[C@H](Nc5ccccc5)C(=O)N4C3)cc(-c3nc(C(C)C)cs3)nc2c1C. The number of thiazole rings is 1. The van der Waals surface area contributed by atoms with E-state index in [1.54, 1.807) is 12.0 Å². The molecule has 0 unspecified atom stereocenters. The predicted molar refractivity (Wildman–Crippen MR) is 207 cm³/mol. The Balaban J connectivity index is 1.25. The highest BCUT2D eigenvalue weighted by Crippen LogP contribution is 2.57. The van der Waals surface area contributed by atoms with Gasteiger partial charge in [-0.1, -0.05) is 57.0 Å². The topological polar surface area (TPSA) is 131 Å². The smallest absolute Gasteiger partial charge is 0.310 e. The van der Waals surface area contributed by atoms with Gasteiger partial charge in [-0.2, -0.15) is 0 Å². The Hall–Kier alpha value is -4.77. The minimum Gasteiger partial charge on any atom is -0.496 e. The lowest BCUT2D eigenvalue weighted by Crippen LogP contribution is -2.48. The van der Waals surface area contributed by atoms with Gasteiger partial charge in [0.1, 0.15) is 34.3 Å². The summed E-state index contributed by atoms with van der Waals surface area (Å²) >= 11 is 1.53. The number of rotatable bonds is 8. The molecule has 1 saturated heterocycles. The molecule has 4 aromatic rings. The molecule has 11 heteroatoms. The van der Waals surface area contributed by atoms with Gasteiger partial charge in [-0.3, -0.25) is 14.4 Å². The third kappa shape index (κ3) is 7.54. The molecule has 2 N–H and O–H groups in total. The van der Waals surface area contributed by atoms with Crippen LogP contribution in [0.25, 0.3) is 21.6 Å². The van der Waals surface area contributed by atoms with Crippen LogP contribution >= 0.6 is 11.3 Å². The number of nitrogens with one attached hydrogen (secondary N) is 1. The number of nitrogens with zero attached hydrogens (tertiary/aromatic N) is 3. The van der Waals surface area contributed by atoms with Crippen LogP contribution in [0, 0.1) is 18.3 Å². The van der Waals surface area contributed by atoms with E-state index in [-0.39, 0.29) is 42.9 Å². The van der Waals surface area contributed by atoms with Crippen molar-refractivity contribution in [3.8, 4) is 22.2 Å². The first kappa shape index (κ1) is 36.6. The first-order valence-corrected chi connectivity index (χ1v) is 19.6. The maximum Gasteiger partial charge on any atom is 0.310 e. The number of aromatic nitrogens is 2. The fourth-order valence-corrected chi connectivity index (χ4v) is 8.81. The van der Waals surface area contributed by atoms with Gasteiger partial charge in [0.2, 0.25) is 5.91 Å². The van der Waals surface area contributed by atoms with Crippen LogP contribution in [0.5, 0.6) is 11.5 Å². The van der Waals surface area contributed by atoms with Crippen LogP contribution in [0.2, 0.25) is 0 Å². The van der Waals surface area contributed by atoms with Crippen molar-refractivity contribution >= 4 is 45.6 Å². The van der Waals surface area contributed by atoms with Gasteiger partial charge in [0, 0.05) is 40.9 Å². The van der Waals surface area contributed by atoms with Crippen molar-refractivity contribution < 1.29 is 29.0 Å². The summed E-state index contributed by atoms with van der Waals surface area (Å²) in [5, 5.41) is 17.4. The number of ketones is 1. The van der Waals surface area contributed by atoms with E-state index in [1.807, 2.05) is 66.9 Å². The van der Waals surface area contributed by atoms with Crippen LogP contribution in [-0.4, -0.2) is 69.5 Å². The normalized spacial score (nSPS) is 25.6. The molecule has 278 valence electrons. The number of hydrogen-bond donors (Lipinski definition) is 2. The Labute approximate surface area is 314 Å². The zero-order valence-corrected chi connectivity index (χ0v) is 31.7. The largest absolute Gasteiger partial charge is 0.496 e. The van der Waals surface area contributed by atoms with Crippen LogP contribution < -0.4 is 14.8 Å². The highest BCUT2D eigenvalue weighted by atomic mass is 32.1. The van der Waals surface area contributed by atoms with Crippen molar-refractivity contribution in [3.63, 3.8) is 0 Å². The number of anilines is 1. The zero-order chi connectivity index (χ0) is 37.3. The Morgan fingerprint density at radius 1 is 1.08 bits per heavy atom. The average molecular weight is 737 g/mol. The lowest BCUT2D eigenvalue weighted by molar-refractivity contribution is -0.147. The van der Waals surface area contributed by atoms with E-state index in [0.717, 1.165) is 58.5 Å². The summed E-state index contributed by atoms with van der Waals surface area (Å²) in [5.41, 5.74) is 2.93. The molecule has 4 heterocycles. The van der Waals surface area contributed by atoms with Crippen molar-refractivity contribution in [2.45, 2.75) is 96.2 Å². The first-order chi connectivity index (χ1) is 25.6. The molecule has 2 aromatic carbocycles. The van der Waals surface area contributed by atoms with E-state index in [0.29, 0.717) is 30.0 Å². The van der Waals surface area contributed by atoms with Gasteiger partial charge < -0.3 is 24.8 Å². The molecule has 10 nitrogen and oxygen atoms in total. The zero-order valence-electron chi connectivity index (χ0n) is 30.8. The number of aliphatic carboxylic acids is 1. The molecule has 0 spiro atoms. The maximum atomic E-state index is 14.6. The number of ether oxygens (including phenoxy) is 2. The number of methoxy groups -OCH3 is 1. The number of hydrogen-bond acceptors (Lipinski definition) is 9. The summed E-state index contributed by atoms with van der Waals surface area (Å²) in [6.07, 6.45) is 8.25. The van der Waals surface area contributed by atoms with E-state index in [9.17, 15) is 19.5 Å². The molecule has 2 aromatic heterocycles. The Kier molecular flexibility index (Phi) is 10.6. The number of carbonyl (C=O) groups is 3. The van der Waals surface area contributed by atoms with Gasteiger partial charge in [-0.05, 0) is 68.7 Å². The number of Topliss-reactive ketones (excluding diaryl/α,β-unsaturated/α-hetero) is 1. The number of fused-ring (bicyclic) bond motifs is 3. The number of carboxylic acid groups (broad SMARTS) is 1. The lowest BCUT2D eigenvalue weighted by atomic mass is 9.92. The van der Waals surface area contributed by atoms with Crippen LogP contribution in [0.4, 0.5) is 5.69 Å². The van der Waals surface area contributed by atoms with Crippen molar-refractivity contribution in [3.05, 3.63) is 77.3 Å². The van der Waals surface area contributed by atoms with Crippen LogP contribution in [-0.2, 0) is 14.4 Å².